The standard InChI is InChI=1S/C8H12O3S/c1-3-4-12-6-7(9)5-8(10)11-2/h3H,1,4-6H2,2H3. The molecular formula is C8H12O3S. The van der Waals surface area contributed by atoms with Crippen molar-refractivity contribution in [1.82, 2.24) is 0 Å². The average Bonchev–Trinajstić information content (AvgIpc) is 2.05. The first-order valence-corrected chi connectivity index (χ1v) is 4.63. The van der Waals surface area contributed by atoms with Gasteiger partial charge in [-0.05, 0) is 0 Å². The molecule has 0 bridgehead atoms. The second-order valence-electron chi connectivity index (χ2n) is 2.10. The van der Waals surface area contributed by atoms with Gasteiger partial charge < -0.3 is 4.74 Å². The van der Waals surface area contributed by atoms with Crippen molar-refractivity contribution in [1.29, 1.82) is 0 Å². The number of carbonyl (C=O) groups is 2. The first-order valence-electron chi connectivity index (χ1n) is 3.48. The highest BCUT2D eigenvalue weighted by Gasteiger charge is 2.08. The maximum Gasteiger partial charge on any atom is 0.313 e. The van der Waals surface area contributed by atoms with Crippen molar-refractivity contribution in [3.8, 4) is 0 Å². The first-order chi connectivity index (χ1) is 5.70. The van der Waals surface area contributed by atoms with Crippen LogP contribution in [0.3, 0.4) is 0 Å². The van der Waals surface area contributed by atoms with Crippen LogP contribution < -0.4 is 0 Å². The number of rotatable bonds is 6. The molecule has 68 valence electrons. The van der Waals surface area contributed by atoms with Gasteiger partial charge in [0.05, 0.1) is 12.9 Å². The molecule has 0 aromatic carbocycles. The van der Waals surface area contributed by atoms with Gasteiger partial charge in [0, 0.05) is 5.75 Å². The summed E-state index contributed by atoms with van der Waals surface area (Å²) in [6.07, 6.45) is 1.59. The molecule has 0 saturated heterocycles. The normalized spacial score (nSPS) is 9.08. The Kier molecular flexibility index (Phi) is 6.47. The lowest BCUT2D eigenvalue weighted by atomic mass is 10.3. The summed E-state index contributed by atoms with van der Waals surface area (Å²) < 4.78 is 4.34. The second-order valence-corrected chi connectivity index (χ2v) is 3.13. The van der Waals surface area contributed by atoms with Crippen LogP contribution in [0, 0.1) is 0 Å². The zero-order valence-corrected chi connectivity index (χ0v) is 7.86. The van der Waals surface area contributed by atoms with E-state index in [0.29, 0.717) is 5.75 Å². The van der Waals surface area contributed by atoms with E-state index in [1.54, 1.807) is 6.08 Å². The largest absolute Gasteiger partial charge is 0.469 e. The second kappa shape index (κ2) is 6.91. The molecular weight excluding hydrogens is 176 g/mol. The molecule has 0 spiro atoms. The number of thioether (sulfide) groups is 1. The van der Waals surface area contributed by atoms with Gasteiger partial charge in [0.25, 0.3) is 0 Å². The van der Waals surface area contributed by atoms with Crippen LogP contribution in [0.4, 0.5) is 0 Å². The maximum atomic E-state index is 10.9. The molecule has 0 amide bonds. The SMILES string of the molecule is C=CCSCC(=O)CC(=O)OC. The number of carbonyl (C=O) groups excluding carboxylic acids is 2. The Morgan fingerprint density at radius 3 is 2.75 bits per heavy atom. The highest BCUT2D eigenvalue weighted by atomic mass is 32.2. The molecule has 0 rings (SSSR count). The van der Waals surface area contributed by atoms with Gasteiger partial charge in [0.2, 0.25) is 0 Å². The summed E-state index contributed by atoms with van der Waals surface area (Å²) in [4.78, 5) is 21.5. The third-order valence-electron chi connectivity index (χ3n) is 1.07. The zero-order chi connectivity index (χ0) is 9.40. The average molecular weight is 188 g/mol. The van der Waals surface area contributed by atoms with E-state index >= 15 is 0 Å². The molecule has 4 heteroatoms. The Bertz CT molecular complexity index is 177. The quantitative estimate of drug-likeness (QED) is 0.270. The number of hydrogen-bond donors (Lipinski definition) is 0. The molecule has 0 aliphatic heterocycles. The molecule has 0 aliphatic rings. The molecule has 0 fully saturated rings. The summed E-state index contributed by atoms with van der Waals surface area (Å²) in [5, 5.41) is 0. The highest BCUT2D eigenvalue weighted by molar-refractivity contribution is 8.00. The fraction of sp³-hybridized carbons (Fsp3) is 0.500. The van der Waals surface area contributed by atoms with Gasteiger partial charge >= 0.3 is 5.97 Å². The fourth-order valence-electron chi connectivity index (χ4n) is 0.540. The van der Waals surface area contributed by atoms with Crippen LogP contribution in [0.2, 0.25) is 0 Å². The summed E-state index contributed by atoms with van der Waals surface area (Å²) in [5.74, 6) is 0.501. The molecule has 0 heterocycles. The van der Waals surface area contributed by atoms with Crippen LogP contribution in [0.5, 0.6) is 0 Å². The minimum absolute atomic E-state index is 0.103. The number of ether oxygens (including phenoxy) is 1. The predicted molar refractivity (Wildman–Crippen MR) is 49.2 cm³/mol. The van der Waals surface area contributed by atoms with Crippen LogP contribution in [-0.4, -0.2) is 30.4 Å². The molecule has 0 aromatic heterocycles. The van der Waals surface area contributed by atoms with E-state index < -0.39 is 5.97 Å². The van der Waals surface area contributed by atoms with Crippen molar-refractivity contribution in [2.75, 3.05) is 18.6 Å². The Morgan fingerprint density at radius 2 is 2.25 bits per heavy atom. The summed E-state index contributed by atoms with van der Waals surface area (Å²) >= 11 is 1.44. The van der Waals surface area contributed by atoms with E-state index in [1.165, 1.54) is 18.9 Å². The van der Waals surface area contributed by atoms with Crippen LogP contribution in [0.25, 0.3) is 0 Å². The van der Waals surface area contributed by atoms with Crippen LogP contribution in [-0.2, 0) is 14.3 Å². The van der Waals surface area contributed by atoms with Crippen molar-refractivity contribution in [2.45, 2.75) is 6.42 Å². The smallest absolute Gasteiger partial charge is 0.313 e. The summed E-state index contributed by atoms with van der Waals surface area (Å²) in [6.45, 7) is 3.51. The van der Waals surface area contributed by atoms with Crippen LogP contribution in [0.1, 0.15) is 6.42 Å². The van der Waals surface area contributed by atoms with E-state index in [4.69, 9.17) is 0 Å². The number of hydrogen-bond acceptors (Lipinski definition) is 4. The van der Waals surface area contributed by atoms with Gasteiger partial charge in [-0.2, -0.15) is 0 Å². The van der Waals surface area contributed by atoms with E-state index in [0.717, 1.165) is 5.75 Å². The molecule has 0 aliphatic carbocycles. The Balaban J connectivity index is 3.46. The Labute approximate surface area is 76.2 Å². The molecule has 0 radical (unpaired) electrons. The summed E-state index contributed by atoms with van der Waals surface area (Å²) in [7, 11) is 1.27. The van der Waals surface area contributed by atoms with Gasteiger partial charge in [-0.3, -0.25) is 9.59 Å². The van der Waals surface area contributed by atoms with Crippen molar-refractivity contribution in [3.05, 3.63) is 12.7 Å². The monoisotopic (exact) mass is 188 g/mol. The Hall–Kier alpha value is -0.770. The van der Waals surface area contributed by atoms with E-state index in [9.17, 15) is 9.59 Å². The lowest BCUT2D eigenvalue weighted by Gasteiger charge is -1.97. The van der Waals surface area contributed by atoms with Gasteiger partial charge in [-0.25, -0.2) is 0 Å². The third kappa shape index (κ3) is 5.97. The topological polar surface area (TPSA) is 43.4 Å². The molecule has 0 N–H and O–H groups in total. The zero-order valence-electron chi connectivity index (χ0n) is 7.04. The van der Waals surface area contributed by atoms with Gasteiger partial charge in [-0.1, -0.05) is 6.08 Å². The third-order valence-corrected chi connectivity index (χ3v) is 2.07. The van der Waals surface area contributed by atoms with Crippen molar-refractivity contribution < 1.29 is 14.3 Å². The van der Waals surface area contributed by atoms with E-state index in [2.05, 4.69) is 11.3 Å². The molecule has 0 saturated carbocycles. The highest BCUT2D eigenvalue weighted by Crippen LogP contribution is 2.01. The van der Waals surface area contributed by atoms with Crippen LogP contribution in [0.15, 0.2) is 12.7 Å². The minimum Gasteiger partial charge on any atom is -0.469 e. The van der Waals surface area contributed by atoms with Gasteiger partial charge in [-0.15, -0.1) is 18.3 Å². The van der Waals surface area contributed by atoms with E-state index in [-0.39, 0.29) is 12.2 Å². The molecule has 12 heavy (non-hydrogen) atoms. The lowest BCUT2D eigenvalue weighted by molar-refractivity contribution is -0.142. The number of Topliss-reactive ketones (excluding diaryl/α,β-unsaturated/α-hetero) is 1. The van der Waals surface area contributed by atoms with Crippen molar-refractivity contribution >= 4 is 23.5 Å². The predicted octanol–water partition coefficient (Wildman–Crippen LogP) is 1.04. The number of esters is 1. The molecule has 3 nitrogen and oxygen atoms in total. The summed E-state index contributed by atoms with van der Waals surface area (Å²) in [6, 6.07) is 0. The van der Waals surface area contributed by atoms with Gasteiger partial charge in [0.1, 0.15) is 6.42 Å². The fourth-order valence-corrected chi connectivity index (χ4v) is 1.15. The van der Waals surface area contributed by atoms with Crippen molar-refractivity contribution in [2.24, 2.45) is 0 Å². The number of ketones is 1. The minimum atomic E-state index is -0.473. The first kappa shape index (κ1) is 11.2. The lowest BCUT2D eigenvalue weighted by Crippen LogP contribution is -2.11. The van der Waals surface area contributed by atoms with Gasteiger partial charge in [0.15, 0.2) is 5.78 Å². The number of methoxy groups -OCH3 is 1. The van der Waals surface area contributed by atoms with Crippen molar-refractivity contribution in [3.63, 3.8) is 0 Å². The molecule has 0 atom stereocenters. The molecule has 0 unspecified atom stereocenters. The van der Waals surface area contributed by atoms with Crippen LogP contribution >= 0.6 is 11.8 Å². The maximum absolute atomic E-state index is 10.9. The summed E-state index contributed by atoms with van der Waals surface area (Å²) in [5.41, 5.74) is 0. The van der Waals surface area contributed by atoms with E-state index in [1.807, 2.05) is 0 Å². The Morgan fingerprint density at radius 1 is 1.58 bits per heavy atom. The molecule has 0 aromatic rings.